The Labute approximate surface area is 449 Å². The average Bonchev–Trinajstić information content (AvgIpc) is 3.35. The van der Waals surface area contributed by atoms with Crippen molar-refractivity contribution in [3.63, 3.8) is 0 Å². The highest BCUT2D eigenvalue weighted by Gasteiger charge is 2.45. The summed E-state index contributed by atoms with van der Waals surface area (Å²) in [5, 5.41) is 45.6. The number of aromatic nitrogens is 2. The largest absolute Gasteiger partial charge is 0.481 e. The van der Waals surface area contributed by atoms with Crippen LogP contribution in [-0.4, -0.2) is 114 Å². The van der Waals surface area contributed by atoms with Gasteiger partial charge >= 0.3 is 33.3 Å². The van der Waals surface area contributed by atoms with Crippen molar-refractivity contribution in [3.8, 4) is 0 Å². The molecule has 0 aromatic carbocycles. The van der Waals surface area contributed by atoms with Gasteiger partial charge in [0.1, 0.15) is 36.6 Å². The second-order valence-electron chi connectivity index (χ2n) is 20.7. The number of fused-ring (bicyclic) bond motifs is 3. The van der Waals surface area contributed by atoms with Gasteiger partial charge in [-0.15, -0.1) is 0 Å². The number of phosphoric acid groups is 2. The van der Waals surface area contributed by atoms with Gasteiger partial charge in [-0.2, -0.15) is 9.29 Å². The van der Waals surface area contributed by atoms with Crippen LogP contribution in [0.25, 0.3) is 0 Å². The molecule has 2 aliphatic heterocycles. The van der Waals surface area contributed by atoms with E-state index in [-0.39, 0.29) is 37.9 Å². The first-order chi connectivity index (χ1) is 36.2. The van der Waals surface area contributed by atoms with Gasteiger partial charge in [0, 0.05) is 31.4 Å². The molecule has 1 aromatic heterocycles. The lowest BCUT2D eigenvalue weighted by molar-refractivity contribution is -0.183. The number of nitrogens with zero attached hydrogens (tertiary/aromatic N) is 2. The first kappa shape index (κ1) is 67.1. The number of carbonyl (C=O) groups is 3. The van der Waals surface area contributed by atoms with Crippen molar-refractivity contribution in [2.45, 2.75) is 231 Å². The number of nitrogens with two attached hydrogens (primary N) is 1. The van der Waals surface area contributed by atoms with Crippen LogP contribution in [-0.2, 0) is 51.1 Å². The Kier molecular flexibility index (Phi) is 32.6. The molecule has 0 aliphatic carbocycles. The Balaban J connectivity index is 1.72. The fourth-order valence-corrected chi connectivity index (χ4v) is 11.2. The predicted molar refractivity (Wildman–Crippen MR) is 285 cm³/mol. The third-order valence-electron chi connectivity index (χ3n) is 13.6. The Morgan fingerprint density at radius 2 is 1.42 bits per heavy atom. The Morgan fingerprint density at radius 3 is 2.03 bits per heavy atom. The number of cyclic esters (lactones) is 1. The maximum absolute atomic E-state index is 14.3. The fourth-order valence-electron chi connectivity index (χ4n) is 9.13. The molecule has 2 bridgehead atoms. The first-order valence-corrected chi connectivity index (χ1v) is 30.8. The Hall–Kier alpha value is -3.17. The van der Waals surface area contributed by atoms with Crippen LogP contribution in [0.2, 0.25) is 0 Å². The number of rotatable bonds is 26. The number of aliphatic hydroxyl groups is 4. The summed E-state index contributed by atoms with van der Waals surface area (Å²) in [5.41, 5.74) is 4.73. The average molecular weight is 1120 g/mol. The third kappa shape index (κ3) is 27.6. The number of ketones is 1. The number of aliphatic hydroxyl groups excluding tert-OH is 4. The van der Waals surface area contributed by atoms with Crippen molar-refractivity contribution in [2.24, 2.45) is 17.8 Å². The number of Topliss-reactive ketones (excluding diaryl/α,β-unsaturated/α-hetero) is 1. The number of hydrogen-bond donors (Lipinski definition) is 7. The van der Waals surface area contributed by atoms with Gasteiger partial charge in [-0.05, 0) is 44.1 Å². The lowest BCUT2D eigenvalue weighted by Gasteiger charge is -2.38. The normalized spacial score (nSPS) is 28.9. The Bertz CT molecular complexity index is 2060. The molecule has 3 heterocycles. The zero-order valence-electron chi connectivity index (χ0n) is 45.2. The molecule has 0 spiro atoms. The lowest BCUT2D eigenvalue weighted by atomic mass is 9.83. The summed E-state index contributed by atoms with van der Waals surface area (Å²) in [4.78, 5) is 78.6. The summed E-state index contributed by atoms with van der Waals surface area (Å²) in [6.07, 6.45) is 15.6. The van der Waals surface area contributed by atoms with Crippen molar-refractivity contribution < 1.29 is 81.3 Å². The second kappa shape index (κ2) is 36.9. The minimum atomic E-state index is -5.73. The van der Waals surface area contributed by atoms with Crippen molar-refractivity contribution in [2.75, 3.05) is 25.6 Å². The highest BCUT2D eigenvalue weighted by molar-refractivity contribution is 7.61. The summed E-state index contributed by atoms with van der Waals surface area (Å²) in [6.45, 7) is 3.78. The molecule has 11 atom stereocenters. The summed E-state index contributed by atoms with van der Waals surface area (Å²) in [5.74, 6) is -4.35. The van der Waals surface area contributed by atoms with E-state index in [1.54, 1.807) is 12.2 Å². The molecule has 1 fully saturated rings. The molecule has 2 aliphatic rings. The van der Waals surface area contributed by atoms with Crippen LogP contribution >= 0.6 is 15.6 Å². The highest BCUT2D eigenvalue weighted by atomic mass is 31.3. The molecule has 0 saturated carbocycles. The van der Waals surface area contributed by atoms with Crippen LogP contribution in [0.4, 0.5) is 5.82 Å². The van der Waals surface area contributed by atoms with Crippen LogP contribution < -0.4 is 11.4 Å². The molecule has 1 aromatic rings. The molecule has 0 amide bonds. The monoisotopic (exact) mass is 1120 g/mol. The molecule has 436 valence electrons. The quantitative estimate of drug-likeness (QED) is 0.0197. The van der Waals surface area contributed by atoms with Gasteiger partial charge < -0.3 is 50.2 Å². The van der Waals surface area contributed by atoms with Gasteiger partial charge in [-0.3, -0.25) is 28.0 Å². The highest BCUT2D eigenvalue weighted by Crippen LogP contribution is 2.60. The van der Waals surface area contributed by atoms with E-state index in [1.807, 2.05) is 6.92 Å². The van der Waals surface area contributed by atoms with Gasteiger partial charge in [0.15, 0.2) is 6.10 Å². The maximum atomic E-state index is 14.3. The van der Waals surface area contributed by atoms with Gasteiger partial charge in [0.2, 0.25) is 0 Å². The standard InChI is InChI=1S/C53H91N3O18P2/c1-4-5-21-27-40(57)31-32-42-44(58)35-45(59)43-28-23-19-20-24-29-48(60)69-36-41(72-49(61)30-25-18-16-14-12-10-8-6-7-9-11-13-15-17-22-26-39(2)3)37-70-75(65,66)74-76(67,68)71-38-46(51(63)50(42)62)73-52(43)56-34-33-47(54)55-53(56)64/h19,23,31-34,39-44,46,50-52,57-58,62-63H,4-18,20-22,24-30,35-38H2,1-3H3,(H,65,66)(H,67,68)(H2,54,55,64)/b23-19-,32-31?/t40-,41+,42-,43-,44+,46+,50-,51+,52+/m0/s1. The number of allylic oxidation sites excluding steroid dienone is 2. The molecule has 0 radical (unpaired) electrons. The van der Waals surface area contributed by atoms with Crippen LogP contribution in [0.3, 0.4) is 0 Å². The van der Waals surface area contributed by atoms with E-state index in [1.165, 1.54) is 88.8 Å². The third-order valence-corrected chi connectivity index (χ3v) is 16.2. The van der Waals surface area contributed by atoms with Crippen molar-refractivity contribution >= 4 is 39.2 Å². The van der Waals surface area contributed by atoms with Crippen LogP contribution in [0, 0.1) is 17.8 Å². The number of nitrogen functional groups attached to an aromatic ring is 1. The van der Waals surface area contributed by atoms with E-state index in [9.17, 15) is 58.5 Å². The minimum Gasteiger partial charge on any atom is -0.462 e. The summed E-state index contributed by atoms with van der Waals surface area (Å²) in [7, 11) is -11.3. The van der Waals surface area contributed by atoms with E-state index in [0.29, 0.717) is 19.3 Å². The number of unbranched alkanes of at least 4 members (excludes halogenated alkanes) is 16. The fraction of sp³-hybridized carbons (Fsp3) is 0.792. The van der Waals surface area contributed by atoms with Crippen molar-refractivity contribution in [1.82, 2.24) is 9.55 Å². The number of esters is 2. The zero-order valence-corrected chi connectivity index (χ0v) is 47.0. The summed E-state index contributed by atoms with van der Waals surface area (Å²) in [6, 6.07) is 1.22. The van der Waals surface area contributed by atoms with E-state index in [0.717, 1.165) is 55.2 Å². The lowest BCUT2D eigenvalue weighted by Crippen LogP contribution is -2.51. The van der Waals surface area contributed by atoms with Crippen LogP contribution in [0.15, 0.2) is 41.4 Å². The SMILES string of the molecule is CCCCC[C@H](O)C=C[C@@H]1[C@H](O)[C@H](O)[C@H]2COP(=O)(O)OP(=O)(O)OC[C@H](OC(=O)CCCCCCCCCCCCCCCCCC(C)C)COC(=O)CCC/C=C\C[C@@H](C(=O)C[C@H]1O)[C@H](n1ccc(N)nc1=O)O2. The second-order valence-corrected chi connectivity index (χ2v) is 23.7. The number of carbonyl (C=O) groups excluding carboxylic acids is 3. The Morgan fingerprint density at radius 1 is 0.829 bits per heavy atom. The molecule has 8 N–H and O–H groups in total. The number of ether oxygens (including phenoxy) is 3. The molecule has 23 heteroatoms. The van der Waals surface area contributed by atoms with Gasteiger partial charge in [0.25, 0.3) is 0 Å². The minimum absolute atomic E-state index is 0.000948. The number of phosphoric ester groups is 2. The van der Waals surface area contributed by atoms with E-state index >= 15 is 0 Å². The number of hydrogen-bond acceptors (Lipinski definition) is 18. The molecule has 1 saturated heterocycles. The summed E-state index contributed by atoms with van der Waals surface area (Å²) < 4.78 is 59.0. The molecular formula is C53H91N3O18P2. The van der Waals surface area contributed by atoms with Gasteiger partial charge in [0.05, 0.1) is 37.4 Å². The molecule has 3 rings (SSSR count). The maximum Gasteiger partial charge on any atom is 0.481 e. The van der Waals surface area contributed by atoms with Crippen molar-refractivity contribution in [3.05, 3.63) is 47.1 Å². The summed E-state index contributed by atoms with van der Waals surface area (Å²) >= 11 is 0. The molecule has 21 nitrogen and oxygen atoms in total. The van der Waals surface area contributed by atoms with E-state index in [4.69, 9.17) is 29.0 Å². The van der Waals surface area contributed by atoms with E-state index < -0.39 is 120 Å². The van der Waals surface area contributed by atoms with Gasteiger partial charge in [-0.25, -0.2) is 13.9 Å². The number of anilines is 1. The molecule has 2 unspecified atom stereocenters. The smallest absolute Gasteiger partial charge is 0.462 e. The van der Waals surface area contributed by atoms with Gasteiger partial charge in [-0.1, -0.05) is 161 Å². The predicted octanol–water partition coefficient (Wildman–Crippen LogP) is 8.62. The van der Waals surface area contributed by atoms with E-state index in [2.05, 4.69) is 23.1 Å². The zero-order chi connectivity index (χ0) is 55.9. The topological polar surface area (TPSA) is 323 Å². The molecular weight excluding hydrogens is 1030 g/mol. The first-order valence-electron chi connectivity index (χ1n) is 27.8. The molecule has 76 heavy (non-hydrogen) atoms. The van der Waals surface area contributed by atoms with Crippen LogP contribution in [0.1, 0.15) is 194 Å². The van der Waals surface area contributed by atoms with Crippen LogP contribution in [0.5, 0.6) is 0 Å². The van der Waals surface area contributed by atoms with Crippen molar-refractivity contribution in [1.29, 1.82) is 0 Å².